The third-order valence-corrected chi connectivity index (χ3v) is 3.55. The highest BCUT2D eigenvalue weighted by Crippen LogP contribution is 2.29. The Morgan fingerprint density at radius 2 is 1.74 bits per heavy atom. The molecule has 2 aromatic rings. The monoisotopic (exact) mass is 255 g/mol. The Kier molecular flexibility index (Phi) is 3.31. The number of nitrogens with zero attached hydrogens (tertiary/aromatic N) is 3. The van der Waals surface area contributed by atoms with Crippen molar-refractivity contribution in [1.29, 1.82) is 0 Å². The number of hydrogen-bond donors (Lipinski definition) is 0. The van der Waals surface area contributed by atoms with Gasteiger partial charge in [-0.05, 0) is 19.3 Å². The highest BCUT2D eigenvalue weighted by atomic mass is 16.5. The summed E-state index contributed by atoms with van der Waals surface area (Å²) in [5.41, 5.74) is 2.84. The van der Waals surface area contributed by atoms with Crippen LogP contribution in [0.4, 0.5) is 5.69 Å². The molecule has 0 atom stereocenters. The number of hydrogen-bond acceptors (Lipinski definition) is 3. The number of rotatable bonds is 2. The largest absolute Gasteiger partial charge is 0.594 e. The van der Waals surface area contributed by atoms with Crippen molar-refractivity contribution in [2.75, 3.05) is 18.0 Å². The topological polar surface area (TPSA) is 43.1 Å². The minimum Gasteiger partial charge on any atom is -0.594 e. The van der Waals surface area contributed by atoms with Gasteiger partial charge in [0.1, 0.15) is 0 Å². The van der Waals surface area contributed by atoms with Crippen LogP contribution in [0.5, 0.6) is 0 Å². The van der Waals surface area contributed by atoms with Crippen LogP contribution in [0.3, 0.4) is 0 Å². The van der Waals surface area contributed by atoms with Crippen molar-refractivity contribution in [1.82, 2.24) is 5.10 Å². The van der Waals surface area contributed by atoms with Gasteiger partial charge in [-0.25, -0.2) is 0 Å². The van der Waals surface area contributed by atoms with Crippen molar-refractivity contribution in [3.05, 3.63) is 47.8 Å². The molecule has 1 fully saturated rings. The lowest BCUT2D eigenvalue weighted by atomic mass is 10.1. The smallest absolute Gasteiger partial charge is 0.212 e. The van der Waals surface area contributed by atoms with E-state index >= 15 is 0 Å². The van der Waals surface area contributed by atoms with Crippen LogP contribution in [0.2, 0.25) is 0 Å². The molecule has 0 amide bonds. The fourth-order valence-corrected chi connectivity index (χ4v) is 2.59. The number of anilines is 1. The van der Waals surface area contributed by atoms with E-state index in [0.29, 0.717) is 4.85 Å². The molecule has 1 aliphatic rings. The molecule has 98 valence electrons. The van der Waals surface area contributed by atoms with E-state index in [1.807, 2.05) is 36.4 Å². The van der Waals surface area contributed by atoms with E-state index in [1.54, 1.807) is 0 Å². The van der Waals surface area contributed by atoms with Gasteiger partial charge in [0, 0.05) is 29.8 Å². The summed E-state index contributed by atoms with van der Waals surface area (Å²) in [5.74, 6) is 0. The predicted molar refractivity (Wildman–Crippen MR) is 74.7 cm³/mol. The first-order valence-electron chi connectivity index (χ1n) is 6.75. The number of piperidine rings is 1. The highest BCUT2D eigenvalue weighted by Gasteiger charge is 2.18. The summed E-state index contributed by atoms with van der Waals surface area (Å²) in [5, 5.41) is 15.6. The summed E-state index contributed by atoms with van der Waals surface area (Å²) < 4.78 is 0. The van der Waals surface area contributed by atoms with E-state index in [0.717, 1.165) is 30.0 Å². The van der Waals surface area contributed by atoms with E-state index in [1.165, 1.54) is 25.5 Å². The zero-order valence-corrected chi connectivity index (χ0v) is 10.8. The quantitative estimate of drug-likeness (QED) is 0.611. The Morgan fingerprint density at radius 1 is 1.00 bits per heavy atom. The average Bonchev–Trinajstić information content (AvgIpc) is 2.49. The first kappa shape index (κ1) is 12.0. The maximum atomic E-state index is 11.5. The lowest BCUT2D eigenvalue weighted by Gasteiger charge is -2.29. The Bertz CT molecular complexity index is 551. The molecule has 2 heterocycles. The second kappa shape index (κ2) is 5.26. The van der Waals surface area contributed by atoms with Gasteiger partial charge in [-0.3, -0.25) is 0 Å². The molecule has 0 radical (unpaired) electrons. The van der Waals surface area contributed by atoms with Crippen LogP contribution in [0.1, 0.15) is 19.3 Å². The zero-order chi connectivity index (χ0) is 13.1. The summed E-state index contributed by atoms with van der Waals surface area (Å²) in [6.45, 7) is 2.09. The van der Waals surface area contributed by atoms with E-state index in [9.17, 15) is 5.21 Å². The van der Waals surface area contributed by atoms with Crippen LogP contribution >= 0.6 is 0 Å². The third kappa shape index (κ3) is 2.52. The Balaban J connectivity index is 2.04. The molecule has 4 heteroatoms. The lowest BCUT2D eigenvalue weighted by Crippen LogP contribution is -2.35. The molecule has 3 rings (SSSR count). The molecular formula is C15H17N3O. The van der Waals surface area contributed by atoms with Gasteiger partial charge in [-0.15, -0.1) is 0 Å². The average molecular weight is 255 g/mol. The van der Waals surface area contributed by atoms with Crippen molar-refractivity contribution < 1.29 is 4.85 Å². The van der Waals surface area contributed by atoms with E-state index < -0.39 is 0 Å². The SMILES string of the molecule is [O-][n+]1ccc(N2CCCCC2)c(-c2ccccc2)n1. The van der Waals surface area contributed by atoms with Crippen LogP contribution in [0, 0.1) is 5.21 Å². The third-order valence-electron chi connectivity index (χ3n) is 3.55. The van der Waals surface area contributed by atoms with Gasteiger partial charge in [0.2, 0.25) is 6.20 Å². The maximum Gasteiger partial charge on any atom is 0.212 e. The van der Waals surface area contributed by atoms with Gasteiger partial charge in [-0.1, -0.05) is 35.2 Å². The van der Waals surface area contributed by atoms with Crippen molar-refractivity contribution in [3.8, 4) is 11.3 Å². The Hall–Kier alpha value is -2.10. The minimum absolute atomic E-state index is 0.635. The Morgan fingerprint density at radius 3 is 2.47 bits per heavy atom. The predicted octanol–water partition coefficient (Wildman–Crippen LogP) is 2.37. The molecule has 0 saturated carbocycles. The van der Waals surface area contributed by atoms with E-state index in [-0.39, 0.29) is 0 Å². The van der Waals surface area contributed by atoms with Gasteiger partial charge < -0.3 is 10.1 Å². The molecule has 19 heavy (non-hydrogen) atoms. The minimum atomic E-state index is 0.635. The molecule has 1 aromatic heterocycles. The first-order chi connectivity index (χ1) is 9.34. The number of aromatic nitrogens is 2. The molecule has 4 nitrogen and oxygen atoms in total. The van der Waals surface area contributed by atoms with Crippen LogP contribution in [-0.4, -0.2) is 18.2 Å². The van der Waals surface area contributed by atoms with Gasteiger partial charge in [0.25, 0.3) is 0 Å². The van der Waals surface area contributed by atoms with Gasteiger partial charge >= 0.3 is 0 Å². The van der Waals surface area contributed by atoms with Gasteiger partial charge in [0.05, 0.1) is 5.69 Å². The standard InChI is InChI=1S/C15H17N3O/c19-18-12-9-14(17-10-5-2-6-11-17)15(16-18)13-7-3-1-4-8-13/h1,3-4,7-9,12H,2,5-6,10-11H2. The number of benzene rings is 1. The molecule has 0 spiro atoms. The molecule has 0 N–H and O–H groups in total. The summed E-state index contributed by atoms with van der Waals surface area (Å²) in [6.07, 6.45) is 5.19. The van der Waals surface area contributed by atoms with Crippen LogP contribution in [0.15, 0.2) is 42.6 Å². The van der Waals surface area contributed by atoms with Gasteiger partial charge in [0.15, 0.2) is 5.69 Å². The summed E-state index contributed by atoms with van der Waals surface area (Å²) in [6, 6.07) is 11.8. The maximum absolute atomic E-state index is 11.5. The van der Waals surface area contributed by atoms with E-state index in [2.05, 4.69) is 10.00 Å². The van der Waals surface area contributed by atoms with Crippen LogP contribution in [0.25, 0.3) is 11.3 Å². The normalized spacial score (nSPS) is 15.5. The van der Waals surface area contributed by atoms with Crippen molar-refractivity contribution in [3.63, 3.8) is 0 Å². The second-order valence-electron chi connectivity index (χ2n) is 4.87. The molecule has 1 aromatic carbocycles. The van der Waals surface area contributed by atoms with Crippen molar-refractivity contribution >= 4 is 5.69 Å². The van der Waals surface area contributed by atoms with E-state index in [4.69, 9.17) is 0 Å². The first-order valence-corrected chi connectivity index (χ1v) is 6.75. The van der Waals surface area contributed by atoms with Crippen LogP contribution in [-0.2, 0) is 0 Å². The molecule has 0 bridgehead atoms. The molecular weight excluding hydrogens is 238 g/mol. The highest BCUT2D eigenvalue weighted by molar-refractivity contribution is 5.74. The second-order valence-corrected chi connectivity index (χ2v) is 4.87. The molecule has 0 aliphatic carbocycles. The summed E-state index contributed by atoms with van der Waals surface area (Å²) >= 11 is 0. The van der Waals surface area contributed by atoms with Gasteiger partial charge in [-0.2, -0.15) is 0 Å². The fourth-order valence-electron chi connectivity index (χ4n) is 2.59. The van der Waals surface area contributed by atoms with Crippen LogP contribution < -0.4 is 9.75 Å². The zero-order valence-electron chi connectivity index (χ0n) is 10.8. The van der Waals surface area contributed by atoms with Crippen molar-refractivity contribution in [2.45, 2.75) is 19.3 Å². The Labute approximate surface area is 112 Å². The molecule has 1 saturated heterocycles. The summed E-state index contributed by atoms with van der Waals surface area (Å²) in [7, 11) is 0. The lowest BCUT2D eigenvalue weighted by molar-refractivity contribution is -0.668. The molecule has 1 aliphatic heterocycles. The van der Waals surface area contributed by atoms with Crippen molar-refractivity contribution in [2.24, 2.45) is 0 Å². The summed E-state index contributed by atoms with van der Waals surface area (Å²) in [4.78, 5) is 2.97. The molecule has 0 unspecified atom stereocenters. The fraction of sp³-hybridized carbons (Fsp3) is 0.333.